The molecule has 0 atom stereocenters. The van der Waals surface area contributed by atoms with Gasteiger partial charge in [-0.3, -0.25) is 4.79 Å². The lowest BCUT2D eigenvalue weighted by atomic mass is 10.1. The fourth-order valence-electron chi connectivity index (χ4n) is 3.34. The molecule has 3 heterocycles. The number of nitriles is 1. The minimum atomic E-state index is -4.53. The summed E-state index contributed by atoms with van der Waals surface area (Å²) >= 11 is 0. The van der Waals surface area contributed by atoms with Gasteiger partial charge in [0.25, 0.3) is 0 Å². The van der Waals surface area contributed by atoms with Gasteiger partial charge in [-0.15, -0.1) is 0 Å². The van der Waals surface area contributed by atoms with E-state index < -0.39 is 11.7 Å². The van der Waals surface area contributed by atoms with Crippen LogP contribution in [0.4, 0.5) is 19.1 Å². The second-order valence-electron chi connectivity index (χ2n) is 8.29. The molecule has 1 saturated carbocycles. The van der Waals surface area contributed by atoms with Crippen molar-refractivity contribution in [3.8, 4) is 17.3 Å². The van der Waals surface area contributed by atoms with Crippen LogP contribution < -0.4 is 10.6 Å². The van der Waals surface area contributed by atoms with E-state index in [4.69, 9.17) is 0 Å². The highest BCUT2D eigenvalue weighted by molar-refractivity contribution is 5.94. The normalized spacial score (nSPS) is 12.3. The third-order valence-electron chi connectivity index (χ3n) is 5.48. The number of nitrogens with zero attached hydrogens (tertiary/aromatic N) is 4. The average molecular weight is 524 g/mol. The number of aromatic amines is 1. The molecule has 11 heteroatoms. The zero-order chi connectivity index (χ0) is 27.7. The highest BCUT2D eigenvalue weighted by Gasteiger charge is 2.31. The first-order chi connectivity index (χ1) is 18.3. The van der Waals surface area contributed by atoms with E-state index >= 15 is 0 Å². The van der Waals surface area contributed by atoms with Crippen LogP contribution in [0.5, 0.6) is 0 Å². The molecule has 198 valence electrons. The number of anilines is 1. The topological polar surface area (TPSA) is 119 Å². The molecule has 1 amide bonds. The van der Waals surface area contributed by atoms with Crippen molar-refractivity contribution >= 4 is 23.4 Å². The number of hydrogen-bond acceptors (Lipinski definition) is 6. The summed E-state index contributed by atoms with van der Waals surface area (Å²) in [5.41, 5.74) is 2.28. The molecule has 0 unspecified atom stereocenters. The Bertz CT molecular complexity index is 1410. The second-order valence-corrected chi connectivity index (χ2v) is 8.29. The van der Waals surface area contributed by atoms with E-state index in [0.717, 1.165) is 29.8 Å². The molecule has 0 aliphatic heterocycles. The first-order valence-electron chi connectivity index (χ1n) is 12.1. The molecule has 3 aromatic heterocycles. The maximum absolute atomic E-state index is 13.1. The van der Waals surface area contributed by atoms with Gasteiger partial charge in [-0.25, -0.2) is 15.0 Å². The number of aromatic nitrogens is 4. The third-order valence-corrected chi connectivity index (χ3v) is 5.48. The molecule has 0 bridgehead atoms. The molecule has 0 radical (unpaired) electrons. The average Bonchev–Trinajstić information content (AvgIpc) is 3.64. The van der Waals surface area contributed by atoms with Crippen LogP contribution in [-0.2, 0) is 17.5 Å². The molecule has 5 rings (SSSR count). The number of nitrogens with one attached hydrogen (secondary N) is 3. The molecule has 8 nitrogen and oxygen atoms in total. The van der Waals surface area contributed by atoms with E-state index in [1.165, 1.54) is 25.2 Å². The molecule has 1 aromatic carbocycles. The Morgan fingerprint density at radius 3 is 2.45 bits per heavy atom. The van der Waals surface area contributed by atoms with Crippen LogP contribution in [0.3, 0.4) is 0 Å². The van der Waals surface area contributed by atoms with E-state index in [-0.39, 0.29) is 28.2 Å². The molecule has 0 saturated heterocycles. The number of amides is 1. The summed E-state index contributed by atoms with van der Waals surface area (Å²) < 4.78 is 39.3. The molecule has 38 heavy (non-hydrogen) atoms. The SMILES string of the molecule is CC.Cc1ccc(CNc2ncc(C#N)c(-c3c[nH]c4ncc(C(F)(F)F)cc34)n2)cc1.O=CNC1CC1. The summed E-state index contributed by atoms with van der Waals surface area (Å²) in [6, 6.07) is 11.4. The summed E-state index contributed by atoms with van der Waals surface area (Å²) in [5, 5.41) is 15.4. The largest absolute Gasteiger partial charge is 0.417 e. The number of hydrogen-bond donors (Lipinski definition) is 3. The van der Waals surface area contributed by atoms with Crippen LogP contribution >= 0.6 is 0 Å². The Labute approximate surface area is 218 Å². The quantitative estimate of drug-likeness (QED) is 0.277. The van der Waals surface area contributed by atoms with Crippen molar-refractivity contribution in [2.24, 2.45) is 0 Å². The van der Waals surface area contributed by atoms with Gasteiger partial charge in [-0.1, -0.05) is 43.7 Å². The molecule has 4 aromatic rings. The second kappa shape index (κ2) is 12.7. The number of pyridine rings is 1. The minimum Gasteiger partial charge on any atom is -0.356 e. The van der Waals surface area contributed by atoms with E-state index in [1.807, 2.05) is 51.1 Å². The van der Waals surface area contributed by atoms with Crippen molar-refractivity contribution in [3.63, 3.8) is 0 Å². The lowest BCUT2D eigenvalue weighted by Crippen LogP contribution is -2.11. The van der Waals surface area contributed by atoms with Gasteiger partial charge in [0, 0.05) is 35.9 Å². The van der Waals surface area contributed by atoms with Crippen LogP contribution in [-0.4, -0.2) is 32.4 Å². The standard InChI is InChI=1S/C21H15F3N6.C4H7NO.C2H6/c1-12-2-4-13(5-3-12)8-28-20-29-9-14(7-25)18(30-20)17-11-27-19-16(17)6-15(10-26-19)21(22,23)24;6-3-5-4-1-2-4;1-2/h2-6,9-11H,8H2,1H3,(H,26,27)(H,28,29,30);3-4H,1-2H2,(H,5,6);1-2H3. The van der Waals surface area contributed by atoms with Gasteiger partial charge < -0.3 is 15.6 Å². The maximum Gasteiger partial charge on any atom is 0.417 e. The Morgan fingerprint density at radius 1 is 1.16 bits per heavy atom. The summed E-state index contributed by atoms with van der Waals surface area (Å²) in [7, 11) is 0. The van der Waals surface area contributed by atoms with E-state index in [1.54, 1.807) is 0 Å². The summed E-state index contributed by atoms with van der Waals surface area (Å²) in [6.07, 6.45) is 2.20. The number of carbonyl (C=O) groups is 1. The van der Waals surface area contributed by atoms with Crippen LogP contribution in [0.2, 0.25) is 0 Å². The number of rotatable bonds is 6. The van der Waals surface area contributed by atoms with Gasteiger partial charge >= 0.3 is 6.18 Å². The predicted molar refractivity (Wildman–Crippen MR) is 139 cm³/mol. The predicted octanol–water partition coefficient (Wildman–Crippen LogP) is 5.75. The Balaban J connectivity index is 0.000000434. The van der Waals surface area contributed by atoms with Crippen molar-refractivity contribution in [2.75, 3.05) is 5.32 Å². The Morgan fingerprint density at radius 2 is 1.87 bits per heavy atom. The van der Waals surface area contributed by atoms with Crippen LogP contribution in [0, 0.1) is 18.3 Å². The highest BCUT2D eigenvalue weighted by Crippen LogP contribution is 2.34. The fraction of sp³-hybridized carbons (Fsp3) is 0.296. The number of fused-ring (bicyclic) bond motifs is 1. The number of carbonyl (C=O) groups excluding carboxylic acids is 1. The van der Waals surface area contributed by atoms with Gasteiger partial charge in [0.15, 0.2) is 0 Å². The monoisotopic (exact) mass is 523 g/mol. The fourth-order valence-corrected chi connectivity index (χ4v) is 3.34. The molecule has 1 aliphatic rings. The number of H-pyrrole nitrogens is 1. The first kappa shape index (κ1) is 28.1. The van der Waals surface area contributed by atoms with Gasteiger partial charge in [-0.05, 0) is 31.4 Å². The summed E-state index contributed by atoms with van der Waals surface area (Å²) in [4.78, 5) is 24.7. The van der Waals surface area contributed by atoms with Crippen LogP contribution in [0.25, 0.3) is 22.3 Å². The molecule has 3 N–H and O–H groups in total. The summed E-state index contributed by atoms with van der Waals surface area (Å²) in [6.45, 7) is 6.45. The zero-order valence-corrected chi connectivity index (χ0v) is 21.2. The number of alkyl halides is 3. The van der Waals surface area contributed by atoms with Crippen molar-refractivity contribution in [1.29, 1.82) is 5.26 Å². The number of halogens is 3. The third kappa shape index (κ3) is 7.29. The lowest BCUT2D eigenvalue weighted by molar-refractivity contribution is -0.137. The first-order valence-corrected chi connectivity index (χ1v) is 12.1. The highest BCUT2D eigenvalue weighted by atomic mass is 19.4. The van der Waals surface area contributed by atoms with Crippen molar-refractivity contribution in [1.82, 2.24) is 25.3 Å². The smallest absolute Gasteiger partial charge is 0.356 e. The zero-order valence-electron chi connectivity index (χ0n) is 21.2. The van der Waals surface area contributed by atoms with Crippen molar-refractivity contribution < 1.29 is 18.0 Å². The Kier molecular flexibility index (Phi) is 9.38. The van der Waals surface area contributed by atoms with Crippen LogP contribution in [0.1, 0.15) is 48.9 Å². The van der Waals surface area contributed by atoms with Gasteiger partial charge in [0.2, 0.25) is 12.4 Å². The summed E-state index contributed by atoms with van der Waals surface area (Å²) in [5.74, 6) is 0.263. The molecular weight excluding hydrogens is 495 g/mol. The van der Waals surface area contributed by atoms with Gasteiger partial charge in [0.05, 0.1) is 23.0 Å². The van der Waals surface area contributed by atoms with Crippen molar-refractivity contribution in [3.05, 3.63) is 71.2 Å². The van der Waals surface area contributed by atoms with Gasteiger partial charge in [0.1, 0.15) is 11.7 Å². The van der Waals surface area contributed by atoms with E-state index in [0.29, 0.717) is 18.2 Å². The van der Waals surface area contributed by atoms with Crippen LogP contribution in [0.15, 0.2) is 48.9 Å². The lowest BCUT2D eigenvalue weighted by Gasteiger charge is -2.09. The number of aryl methyl sites for hydroxylation is 1. The van der Waals surface area contributed by atoms with E-state index in [9.17, 15) is 23.2 Å². The molecule has 0 spiro atoms. The maximum atomic E-state index is 13.1. The molecular formula is C27H28F3N7O. The number of benzene rings is 1. The minimum absolute atomic E-state index is 0.147. The van der Waals surface area contributed by atoms with Gasteiger partial charge in [-0.2, -0.15) is 18.4 Å². The van der Waals surface area contributed by atoms with Crippen molar-refractivity contribution in [2.45, 2.75) is 52.4 Å². The Hall–Kier alpha value is -4.46. The molecule has 1 aliphatic carbocycles. The van der Waals surface area contributed by atoms with E-state index in [2.05, 4.69) is 30.6 Å². The molecule has 1 fully saturated rings.